The van der Waals surface area contributed by atoms with Gasteiger partial charge in [-0.2, -0.15) is 5.10 Å². The predicted octanol–water partition coefficient (Wildman–Crippen LogP) is 3.91. The van der Waals surface area contributed by atoms with E-state index in [1.807, 2.05) is 6.07 Å². The maximum atomic E-state index is 11.9. The van der Waals surface area contributed by atoms with E-state index in [1.165, 1.54) is 6.21 Å². The number of rotatable bonds is 5. The van der Waals surface area contributed by atoms with Crippen LogP contribution in [0.1, 0.15) is 12.5 Å². The molecule has 0 bridgehead atoms. The molecule has 0 saturated heterocycles. The lowest BCUT2D eigenvalue weighted by molar-refractivity contribution is -0.127. The second-order valence-corrected chi connectivity index (χ2v) is 5.38. The highest BCUT2D eigenvalue weighted by Gasteiger charge is 2.13. The third-order valence-electron chi connectivity index (χ3n) is 2.73. The molecule has 114 valence electrons. The van der Waals surface area contributed by atoms with E-state index < -0.39 is 6.10 Å². The van der Waals surface area contributed by atoms with Crippen LogP contribution < -0.4 is 10.2 Å². The van der Waals surface area contributed by atoms with Gasteiger partial charge in [-0.15, -0.1) is 0 Å². The van der Waals surface area contributed by atoms with Crippen LogP contribution in [0.5, 0.6) is 5.75 Å². The summed E-state index contributed by atoms with van der Waals surface area (Å²) < 4.78 is 5.49. The molecule has 4 nitrogen and oxygen atoms in total. The monoisotopic (exact) mass is 336 g/mol. The fourth-order valence-corrected chi connectivity index (χ4v) is 1.94. The Kier molecular flexibility index (Phi) is 5.81. The first kappa shape index (κ1) is 16.3. The summed E-state index contributed by atoms with van der Waals surface area (Å²) in [4.78, 5) is 11.9. The highest BCUT2D eigenvalue weighted by molar-refractivity contribution is 6.31. The zero-order valence-corrected chi connectivity index (χ0v) is 13.3. The van der Waals surface area contributed by atoms with Gasteiger partial charge < -0.3 is 4.74 Å². The van der Waals surface area contributed by atoms with E-state index >= 15 is 0 Å². The topological polar surface area (TPSA) is 50.7 Å². The number of halogens is 2. The Morgan fingerprint density at radius 1 is 1.18 bits per heavy atom. The quantitative estimate of drug-likeness (QED) is 0.664. The van der Waals surface area contributed by atoms with Crippen LogP contribution in [0.25, 0.3) is 0 Å². The average Bonchev–Trinajstić information content (AvgIpc) is 2.49. The van der Waals surface area contributed by atoms with Crippen molar-refractivity contribution in [3.05, 3.63) is 64.1 Å². The zero-order valence-electron chi connectivity index (χ0n) is 11.8. The number of nitrogens with one attached hydrogen (secondary N) is 1. The van der Waals surface area contributed by atoms with Crippen molar-refractivity contribution >= 4 is 35.3 Å². The Bertz CT molecular complexity index is 672. The molecule has 2 aromatic rings. The second kappa shape index (κ2) is 7.82. The lowest BCUT2D eigenvalue weighted by Crippen LogP contribution is -2.33. The van der Waals surface area contributed by atoms with Crippen molar-refractivity contribution in [2.75, 3.05) is 0 Å². The van der Waals surface area contributed by atoms with Crippen molar-refractivity contribution in [3.8, 4) is 5.75 Å². The van der Waals surface area contributed by atoms with Gasteiger partial charge in [0.25, 0.3) is 5.91 Å². The van der Waals surface area contributed by atoms with Crippen molar-refractivity contribution in [3.63, 3.8) is 0 Å². The third-order valence-corrected chi connectivity index (χ3v) is 3.22. The zero-order chi connectivity index (χ0) is 15.9. The van der Waals surface area contributed by atoms with Gasteiger partial charge in [0.05, 0.1) is 6.21 Å². The van der Waals surface area contributed by atoms with Gasteiger partial charge >= 0.3 is 0 Å². The van der Waals surface area contributed by atoms with E-state index in [0.717, 1.165) is 5.56 Å². The molecule has 6 heteroatoms. The smallest absolute Gasteiger partial charge is 0.280 e. The Morgan fingerprint density at radius 2 is 1.91 bits per heavy atom. The van der Waals surface area contributed by atoms with E-state index in [1.54, 1.807) is 49.4 Å². The fraction of sp³-hybridized carbons (Fsp3) is 0.125. The molecule has 0 fully saturated rings. The summed E-state index contributed by atoms with van der Waals surface area (Å²) in [5.41, 5.74) is 3.21. The van der Waals surface area contributed by atoms with Crippen LogP contribution in [0.4, 0.5) is 0 Å². The van der Waals surface area contributed by atoms with Crippen LogP contribution in [0.15, 0.2) is 53.6 Å². The average molecular weight is 337 g/mol. The largest absolute Gasteiger partial charge is 0.481 e. The molecule has 1 amide bonds. The number of nitrogens with zero attached hydrogens (tertiary/aromatic N) is 1. The number of hydrogen-bond acceptors (Lipinski definition) is 3. The molecule has 0 heterocycles. The van der Waals surface area contributed by atoms with Crippen molar-refractivity contribution in [1.82, 2.24) is 5.43 Å². The molecule has 0 aliphatic carbocycles. The second-order valence-electron chi connectivity index (χ2n) is 4.50. The first-order valence-electron chi connectivity index (χ1n) is 6.55. The fourth-order valence-electron chi connectivity index (χ4n) is 1.62. The van der Waals surface area contributed by atoms with Crippen molar-refractivity contribution in [2.24, 2.45) is 5.10 Å². The maximum absolute atomic E-state index is 11.9. The van der Waals surface area contributed by atoms with Gasteiger partial charge in [-0.1, -0.05) is 35.3 Å². The lowest BCUT2D eigenvalue weighted by Gasteiger charge is -2.12. The molecule has 0 radical (unpaired) electrons. The Balaban J connectivity index is 1.87. The SMILES string of the molecule is CC(Oc1ccc(Cl)cc1)C(=O)N/N=C/c1cccc(Cl)c1. The van der Waals surface area contributed by atoms with E-state index in [-0.39, 0.29) is 5.91 Å². The number of carbonyl (C=O) groups is 1. The molecule has 2 rings (SSSR count). The Hall–Kier alpha value is -2.04. The van der Waals surface area contributed by atoms with Gasteiger partial charge in [0, 0.05) is 10.0 Å². The van der Waals surface area contributed by atoms with Crippen molar-refractivity contribution in [2.45, 2.75) is 13.0 Å². The molecule has 1 atom stereocenters. The van der Waals surface area contributed by atoms with E-state index in [4.69, 9.17) is 27.9 Å². The van der Waals surface area contributed by atoms with Gasteiger partial charge in [0.2, 0.25) is 0 Å². The summed E-state index contributed by atoms with van der Waals surface area (Å²) >= 11 is 11.6. The van der Waals surface area contributed by atoms with Gasteiger partial charge in [-0.25, -0.2) is 5.43 Å². The normalized spacial score (nSPS) is 12.1. The van der Waals surface area contributed by atoms with Crippen LogP contribution >= 0.6 is 23.2 Å². The summed E-state index contributed by atoms with van der Waals surface area (Å²) in [5.74, 6) is 0.207. The third kappa shape index (κ3) is 5.06. The highest BCUT2D eigenvalue weighted by Crippen LogP contribution is 2.16. The molecule has 2 aromatic carbocycles. The molecule has 22 heavy (non-hydrogen) atoms. The molecule has 0 aliphatic rings. The van der Waals surface area contributed by atoms with Crippen LogP contribution in [-0.2, 0) is 4.79 Å². The number of hydrogen-bond donors (Lipinski definition) is 1. The van der Waals surface area contributed by atoms with E-state index in [9.17, 15) is 4.79 Å². The van der Waals surface area contributed by atoms with Gasteiger partial charge in [-0.05, 0) is 48.9 Å². The standard InChI is InChI=1S/C16H14Cl2N2O2/c1-11(22-15-7-5-13(17)6-8-15)16(21)20-19-10-12-3-2-4-14(18)9-12/h2-11H,1H3,(H,20,21)/b19-10+. The van der Waals surface area contributed by atoms with Crippen LogP contribution in [-0.4, -0.2) is 18.2 Å². The van der Waals surface area contributed by atoms with Gasteiger partial charge in [0.1, 0.15) is 5.75 Å². The number of hydrazone groups is 1. The molecular formula is C16H14Cl2N2O2. The maximum Gasteiger partial charge on any atom is 0.280 e. The summed E-state index contributed by atoms with van der Waals surface area (Å²) in [6, 6.07) is 13.9. The first-order chi connectivity index (χ1) is 10.5. The highest BCUT2D eigenvalue weighted by atomic mass is 35.5. The molecule has 1 N–H and O–H groups in total. The molecular weight excluding hydrogens is 323 g/mol. The number of ether oxygens (including phenoxy) is 1. The van der Waals surface area contributed by atoms with Crippen molar-refractivity contribution in [1.29, 1.82) is 0 Å². The van der Waals surface area contributed by atoms with Gasteiger partial charge in [0.15, 0.2) is 6.10 Å². The number of benzene rings is 2. The summed E-state index contributed by atoms with van der Waals surface area (Å²) in [6.45, 7) is 1.64. The molecule has 0 saturated carbocycles. The Labute approximate surface area is 138 Å². The summed E-state index contributed by atoms with van der Waals surface area (Å²) in [5, 5.41) is 5.09. The minimum atomic E-state index is -0.683. The van der Waals surface area contributed by atoms with Gasteiger partial charge in [-0.3, -0.25) is 4.79 Å². The van der Waals surface area contributed by atoms with E-state index in [0.29, 0.717) is 15.8 Å². The molecule has 1 unspecified atom stereocenters. The van der Waals surface area contributed by atoms with Crippen LogP contribution in [0.2, 0.25) is 10.0 Å². The molecule has 0 aromatic heterocycles. The summed E-state index contributed by atoms with van der Waals surface area (Å²) in [7, 11) is 0. The van der Waals surface area contributed by atoms with Crippen molar-refractivity contribution < 1.29 is 9.53 Å². The van der Waals surface area contributed by atoms with E-state index in [2.05, 4.69) is 10.5 Å². The minimum absolute atomic E-state index is 0.353. The first-order valence-corrected chi connectivity index (χ1v) is 7.31. The minimum Gasteiger partial charge on any atom is -0.481 e. The Morgan fingerprint density at radius 3 is 2.59 bits per heavy atom. The molecule has 0 spiro atoms. The summed E-state index contributed by atoms with van der Waals surface area (Å²) in [6.07, 6.45) is 0.830. The lowest BCUT2D eigenvalue weighted by atomic mass is 10.2. The predicted molar refractivity (Wildman–Crippen MR) is 88.7 cm³/mol. The number of carbonyl (C=O) groups excluding carboxylic acids is 1. The van der Waals surface area contributed by atoms with Crippen LogP contribution in [0.3, 0.4) is 0 Å². The molecule has 0 aliphatic heterocycles. The van der Waals surface area contributed by atoms with Crippen LogP contribution in [0, 0.1) is 0 Å². The number of amides is 1.